The maximum atomic E-state index is 12.9. The number of carbonyl (C=O) groups excluding carboxylic acids is 2. The lowest BCUT2D eigenvalue weighted by Crippen LogP contribution is -2.27. The van der Waals surface area contributed by atoms with E-state index in [4.69, 9.17) is 9.47 Å². The molecule has 7 heteroatoms. The highest BCUT2D eigenvalue weighted by Gasteiger charge is 2.35. The van der Waals surface area contributed by atoms with Crippen LogP contribution >= 0.6 is 27.7 Å². The molecule has 4 rings (SSSR count). The van der Waals surface area contributed by atoms with E-state index in [-0.39, 0.29) is 17.7 Å². The molecule has 2 amide bonds. The zero-order chi connectivity index (χ0) is 23.4. The molecule has 1 heterocycles. The third kappa shape index (κ3) is 5.49. The quantitative estimate of drug-likeness (QED) is 0.327. The molecule has 3 aromatic rings. The molecule has 0 radical (unpaired) electrons. The van der Waals surface area contributed by atoms with Crippen molar-refractivity contribution in [1.82, 2.24) is 4.90 Å². The number of amides is 2. The van der Waals surface area contributed by atoms with Crippen LogP contribution in [0.2, 0.25) is 0 Å². The molecule has 0 atom stereocenters. The van der Waals surface area contributed by atoms with Crippen LogP contribution in [-0.2, 0) is 17.9 Å². The first-order valence-corrected chi connectivity index (χ1v) is 11.9. The molecule has 168 valence electrons. The fraction of sp³-hybridized carbons (Fsp3) is 0.154. The van der Waals surface area contributed by atoms with Crippen LogP contribution in [0.1, 0.15) is 22.3 Å². The Labute approximate surface area is 205 Å². The van der Waals surface area contributed by atoms with Crippen molar-refractivity contribution in [2.24, 2.45) is 0 Å². The first-order valence-electron chi connectivity index (χ1n) is 10.3. The second-order valence-electron chi connectivity index (χ2n) is 7.57. The number of ether oxygens (including phenoxy) is 2. The molecule has 0 saturated carbocycles. The lowest BCUT2D eigenvalue weighted by Gasteiger charge is -2.14. The van der Waals surface area contributed by atoms with Gasteiger partial charge in [-0.3, -0.25) is 14.5 Å². The van der Waals surface area contributed by atoms with Crippen LogP contribution in [0.25, 0.3) is 6.08 Å². The molecule has 1 fully saturated rings. The minimum Gasteiger partial charge on any atom is -0.493 e. The molecular weight excluding hydrogens is 502 g/mol. The van der Waals surface area contributed by atoms with Crippen molar-refractivity contribution in [2.75, 3.05) is 7.11 Å². The summed E-state index contributed by atoms with van der Waals surface area (Å²) < 4.78 is 12.2. The smallest absolute Gasteiger partial charge is 0.293 e. The molecule has 0 unspecified atom stereocenters. The highest BCUT2D eigenvalue weighted by molar-refractivity contribution is 9.10. The Bertz CT molecular complexity index is 1230. The van der Waals surface area contributed by atoms with E-state index in [1.807, 2.05) is 67.6 Å². The van der Waals surface area contributed by atoms with Crippen molar-refractivity contribution < 1.29 is 19.1 Å². The lowest BCUT2D eigenvalue weighted by atomic mass is 10.1. The van der Waals surface area contributed by atoms with E-state index in [0.29, 0.717) is 27.5 Å². The largest absolute Gasteiger partial charge is 0.493 e. The zero-order valence-corrected chi connectivity index (χ0v) is 20.6. The Hall–Kier alpha value is -3.03. The molecular formula is C26H22BrNO4S. The summed E-state index contributed by atoms with van der Waals surface area (Å²) in [6.07, 6.45) is 1.70. The van der Waals surface area contributed by atoms with Crippen molar-refractivity contribution in [2.45, 2.75) is 20.1 Å². The fourth-order valence-corrected chi connectivity index (χ4v) is 4.89. The summed E-state index contributed by atoms with van der Waals surface area (Å²) in [7, 11) is 1.57. The predicted molar refractivity (Wildman–Crippen MR) is 134 cm³/mol. The Morgan fingerprint density at radius 3 is 2.48 bits per heavy atom. The number of carbonyl (C=O) groups is 2. The second-order valence-corrected chi connectivity index (χ2v) is 9.41. The van der Waals surface area contributed by atoms with Crippen molar-refractivity contribution in [3.8, 4) is 11.5 Å². The van der Waals surface area contributed by atoms with Crippen LogP contribution < -0.4 is 9.47 Å². The number of hydrogen-bond donors (Lipinski definition) is 0. The fourth-order valence-electron chi connectivity index (χ4n) is 3.47. The molecule has 1 aliphatic rings. The summed E-state index contributed by atoms with van der Waals surface area (Å²) in [6, 6.07) is 21.3. The second kappa shape index (κ2) is 10.3. The molecule has 0 aromatic heterocycles. The minimum atomic E-state index is -0.300. The predicted octanol–water partition coefficient (Wildman–Crippen LogP) is 6.58. The Morgan fingerprint density at radius 1 is 1.00 bits per heavy atom. The number of benzene rings is 3. The van der Waals surface area contributed by atoms with E-state index >= 15 is 0 Å². The van der Waals surface area contributed by atoms with Crippen LogP contribution in [0.5, 0.6) is 11.5 Å². The molecule has 3 aromatic carbocycles. The normalized spacial score (nSPS) is 14.8. The third-order valence-electron chi connectivity index (χ3n) is 5.07. The summed E-state index contributed by atoms with van der Waals surface area (Å²) >= 11 is 4.49. The summed E-state index contributed by atoms with van der Waals surface area (Å²) in [6.45, 7) is 2.63. The SMILES string of the molecule is COc1cc(/C=C2/SC(=O)N(Cc3cccc(C)c3)C2=O)cc(Br)c1OCc1ccccc1. The monoisotopic (exact) mass is 523 g/mol. The van der Waals surface area contributed by atoms with Crippen molar-refractivity contribution >= 4 is 44.9 Å². The number of thioether (sulfide) groups is 1. The molecule has 0 spiro atoms. The van der Waals surface area contributed by atoms with Crippen LogP contribution in [0.3, 0.4) is 0 Å². The van der Waals surface area contributed by atoms with Gasteiger partial charge >= 0.3 is 0 Å². The number of imide groups is 1. The average molecular weight is 524 g/mol. The number of methoxy groups -OCH3 is 1. The number of rotatable bonds is 7. The number of halogens is 1. The van der Waals surface area contributed by atoms with Gasteiger partial charge in [-0.05, 0) is 69.5 Å². The lowest BCUT2D eigenvalue weighted by molar-refractivity contribution is -0.123. The highest BCUT2D eigenvalue weighted by Crippen LogP contribution is 2.39. The summed E-state index contributed by atoms with van der Waals surface area (Å²) in [5.74, 6) is 0.808. The van der Waals surface area contributed by atoms with Gasteiger partial charge in [0.05, 0.1) is 23.0 Å². The maximum Gasteiger partial charge on any atom is 0.293 e. The van der Waals surface area contributed by atoms with Gasteiger partial charge in [-0.1, -0.05) is 60.2 Å². The molecule has 1 saturated heterocycles. The first-order chi connectivity index (χ1) is 15.9. The van der Waals surface area contributed by atoms with Crippen molar-refractivity contribution in [1.29, 1.82) is 0 Å². The van der Waals surface area contributed by atoms with Gasteiger partial charge in [0.15, 0.2) is 11.5 Å². The number of nitrogens with zero attached hydrogens (tertiary/aromatic N) is 1. The molecule has 33 heavy (non-hydrogen) atoms. The molecule has 0 bridgehead atoms. The molecule has 5 nitrogen and oxygen atoms in total. The van der Waals surface area contributed by atoms with Gasteiger partial charge in [0.2, 0.25) is 0 Å². The first kappa shape index (κ1) is 23.1. The van der Waals surface area contributed by atoms with Gasteiger partial charge < -0.3 is 9.47 Å². The van der Waals surface area contributed by atoms with Gasteiger partial charge in [-0.25, -0.2) is 0 Å². The standard InChI is InChI=1S/C26H22BrNO4S/c1-17-7-6-10-19(11-17)15-28-25(29)23(33-26(28)30)14-20-12-21(27)24(22(13-20)31-2)32-16-18-8-4-3-5-9-18/h3-14H,15-16H2,1-2H3/b23-14+. The number of hydrogen-bond acceptors (Lipinski definition) is 5. The Morgan fingerprint density at radius 2 is 1.76 bits per heavy atom. The number of aryl methyl sites for hydroxylation is 1. The summed E-state index contributed by atoms with van der Waals surface area (Å²) in [5.41, 5.74) is 3.77. The molecule has 0 N–H and O–H groups in total. The van der Waals surface area contributed by atoms with Crippen molar-refractivity contribution in [3.05, 3.63) is 98.4 Å². The van der Waals surface area contributed by atoms with E-state index < -0.39 is 0 Å². The van der Waals surface area contributed by atoms with Gasteiger partial charge in [-0.15, -0.1) is 0 Å². The topological polar surface area (TPSA) is 55.8 Å². The maximum absolute atomic E-state index is 12.9. The van der Waals surface area contributed by atoms with Crippen LogP contribution in [0, 0.1) is 6.92 Å². The van der Waals surface area contributed by atoms with E-state index in [0.717, 1.165) is 34.0 Å². The van der Waals surface area contributed by atoms with E-state index in [2.05, 4.69) is 15.9 Å². The van der Waals surface area contributed by atoms with E-state index in [1.54, 1.807) is 19.3 Å². The Balaban J connectivity index is 1.54. The summed E-state index contributed by atoms with van der Waals surface area (Å²) in [4.78, 5) is 27.1. The zero-order valence-electron chi connectivity index (χ0n) is 18.2. The van der Waals surface area contributed by atoms with E-state index in [1.165, 1.54) is 4.90 Å². The van der Waals surface area contributed by atoms with Crippen molar-refractivity contribution in [3.63, 3.8) is 0 Å². The van der Waals surface area contributed by atoms with Crippen LogP contribution in [-0.4, -0.2) is 23.2 Å². The Kier molecular flexibility index (Phi) is 7.20. The van der Waals surface area contributed by atoms with Crippen LogP contribution in [0.4, 0.5) is 4.79 Å². The van der Waals surface area contributed by atoms with Crippen LogP contribution in [0.15, 0.2) is 76.1 Å². The summed E-state index contributed by atoms with van der Waals surface area (Å²) in [5, 5.41) is -0.276. The van der Waals surface area contributed by atoms with E-state index in [9.17, 15) is 9.59 Å². The van der Waals surface area contributed by atoms with Gasteiger partial charge in [0, 0.05) is 0 Å². The van der Waals surface area contributed by atoms with Gasteiger partial charge in [0.1, 0.15) is 6.61 Å². The van der Waals surface area contributed by atoms with Gasteiger partial charge in [-0.2, -0.15) is 0 Å². The highest BCUT2D eigenvalue weighted by atomic mass is 79.9. The average Bonchev–Trinajstić information content (AvgIpc) is 3.06. The molecule has 0 aliphatic carbocycles. The minimum absolute atomic E-state index is 0.253. The van der Waals surface area contributed by atoms with Gasteiger partial charge in [0.25, 0.3) is 11.1 Å². The third-order valence-corrected chi connectivity index (χ3v) is 6.57. The molecule has 1 aliphatic heterocycles.